The van der Waals surface area contributed by atoms with Crippen molar-refractivity contribution in [3.05, 3.63) is 64.7 Å². The lowest BCUT2D eigenvalue weighted by molar-refractivity contribution is -0.131. The summed E-state index contributed by atoms with van der Waals surface area (Å²) in [5.74, 6) is 0.354. The fourth-order valence-corrected chi connectivity index (χ4v) is 2.54. The Bertz CT molecular complexity index is 875. The van der Waals surface area contributed by atoms with Crippen molar-refractivity contribution in [3.63, 3.8) is 0 Å². The van der Waals surface area contributed by atoms with Gasteiger partial charge in [0.25, 0.3) is 0 Å². The number of likely N-dealkylation sites (N-methyl/N-ethyl adjacent to an activating group) is 1. The SMILES string of the molecule is Cc1ccc(CN(C)C(=O)Cn2nnc(-c3cccc(Cl)c3)n2)cc1. The largest absolute Gasteiger partial charge is 0.340 e. The van der Waals surface area contributed by atoms with Crippen LogP contribution in [0.15, 0.2) is 48.5 Å². The van der Waals surface area contributed by atoms with Gasteiger partial charge in [-0.15, -0.1) is 10.2 Å². The molecule has 1 amide bonds. The maximum Gasteiger partial charge on any atom is 0.246 e. The van der Waals surface area contributed by atoms with Gasteiger partial charge >= 0.3 is 0 Å². The molecule has 7 heteroatoms. The van der Waals surface area contributed by atoms with Crippen LogP contribution in [0.5, 0.6) is 0 Å². The number of aryl methyl sites for hydroxylation is 1. The minimum Gasteiger partial charge on any atom is -0.340 e. The van der Waals surface area contributed by atoms with Crippen LogP contribution in [0, 0.1) is 6.92 Å². The summed E-state index contributed by atoms with van der Waals surface area (Å²) in [6.45, 7) is 2.61. The molecule has 3 aromatic rings. The van der Waals surface area contributed by atoms with Crippen molar-refractivity contribution in [2.75, 3.05) is 7.05 Å². The molecule has 25 heavy (non-hydrogen) atoms. The molecule has 0 N–H and O–H groups in total. The summed E-state index contributed by atoms with van der Waals surface area (Å²) in [5, 5.41) is 12.8. The summed E-state index contributed by atoms with van der Waals surface area (Å²) < 4.78 is 0. The zero-order valence-electron chi connectivity index (χ0n) is 14.1. The minimum absolute atomic E-state index is 0.0376. The molecule has 0 spiro atoms. The van der Waals surface area contributed by atoms with Gasteiger partial charge in [-0.25, -0.2) is 0 Å². The highest BCUT2D eigenvalue weighted by Gasteiger charge is 2.13. The third kappa shape index (κ3) is 4.42. The molecular weight excluding hydrogens is 338 g/mol. The minimum atomic E-state index is -0.0874. The number of tetrazole rings is 1. The summed E-state index contributed by atoms with van der Waals surface area (Å²) in [4.78, 5) is 15.3. The zero-order chi connectivity index (χ0) is 17.8. The predicted octanol–water partition coefficient (Wildman–Crippen LogP) is 2.96. The van der Waals surface area contributed by atoms with E-state index >= 15 is 0 Å². The molecule has 0 radical (unpaired) electrons. The Kier molecular flexibility index (Phi) is 5.09. The highest BCUT2D eigenvalue weighted by molar-refractivity contribution is 6.30. The first-order valence-corrected chi connectivity index (χ1v) is 8.22. The van der Waals surface area contributed by atoms with Crippen molar-refractivity contribution in [2.45, 2.75) is 20.0 Å². The van der Waals surface area contributed by atoms with Crippen molar-refractivity contribution in [3.8, 4) is 11.4 Å². The fourth-order valence-electron chi connectivity index (χ4n) is 2.35. The number of aromatic nitrogens is 4. The molecule has 0 fully saturated rings. The molecule has 0 saturated heterocycles. The molecule has 6 nitrogen and oxygen atoms in total. The topological polar surface area (TPSA) is 63.9 Å². The van der Waals surface area contributed by atoms with Crippen LogP contribution in [0.2, 0.25) is 5.02 Å². The second-order valence-corrected chi connectivity index (χ2v) is 6.33. The van der Waals surface area contributed by atoms with Crippen LogP contribution in [0.25, 0.3) is 11.4 Å². The van der Waals surface area contributed by atoms with Gasteiger partial charge in [0.15, 0.2) is 0 Å². The first kappa shape index (κ1) is 17.1. The molecule has 1 aromatic heterocycles. The van der Waals surface area contributed by atoms with Gasteiger partial charge in [0, 0.05) is 24.2 Å². The summed E-state index contributed by atoms with van der Waals surface area (Å²) in [6, 6.07) is 15.3. The molecule has 0 aliphatic carbocycles. The second kappa shape index (κ2) is 7.44. The lowest BCUT2D eigenvalue weighted by Crippen LogP contribution is -2.30. The first-order chi connectivity index (χ1) is 12.0. The quantitative estimate of drug-likeness (QED) is 0.705. The summed E-state index contributed by atoms with van der Waals surface area (Å²) in [5.41, 5.74) is 3.03. The van der Waals surface area contributed by atoms with Crippen molar-refractivity contribution in [2.24, 2.45) is 0 Å². The Morgan fingerprint density at radius 3 is 2.68 bits per heavy atom. The lowest BCUT2D eigenvalue weighted by atomic mass is 10.1. The van der Waals surface area contributed by atoms with E-state index in [0.717, 1.165) is 11.1 Å². The summed E-state index contributed by atoms with van der Waals surface area (Å²) >= 11 is 5.97. The molecule has 128 valence electrons. The Morgan fingerprint density at radius 2 is 1.96 bits per heavy atom. The van der Waals surface area contributed by atoms with E-state index in [2.05, 4.69) is 15.4 Å². The molecule has 0 atom stereocenters. The van der Waals surface area contributed by atoms with Gasteiger partial charge in [-0.1, -0.05) is 53.6 Å². The van der Waals surface area contributed by atoms with Gasteiger partial charge in [0.05, 0.1) is 0 Å². The van der Waals surface area contributed by atoms with Gasteiger partial charge in [0.1, 0.15) is 6.54 Å². The Balaban J connectivity index is 1.64. The van der Waals surface area contributed by atoms with E-state index in [-0.39, 0.29) is 12.5 Å². The van der Waals surface area contributed by atoms with E-state index in [4.69, 9.17) is 11.6 Å². The fraction of sp³-hybridized carbons (Fsp3) is 0.222. The van der Waals surface area contributed by atoms with Crippen LogP contribution in [0.4, 0.5) is 0 Å². The lowest BCUT2D eigenvalue weighted by Gasteiger charge is -2.16. The molecule has 0 aliphatic heterocycles. The number of rotatable bonds is 5. The highest BCUT2D eigenvalue weighted by atomic mass is 35.5. The van der Waals surface area contributed by atoms with Crippen LogP contribution < -0.4 is 0 Å². The molecule has 2 aromatic carbocycles. The van der Waals surface area contributed by atoms with Gasteiger partial charge in [-0.2, -0.15) is 4.80 Å². The summed E-state index contributed by atoms with van der Waals surface area (Å²) in [6.07, 6.45) is 0. The van der Waals surface area contributed by atoms with E-state index in [1.54, 1.807) is 24.1 Å². The average molecular weight is 356 g/mol. The van der Waals surface area contributed by atoms with Crippen molar-refractivity contribution in [1.29, 1.82) is 0 Å². The van der Waals surface area contributed by atoms with Gasteiger partial charge in [-0.05, 0) is 29.8 Å². The van der Waals surface area contributed by atoms with Crippen molar-refractivity contribution in [1.82, 2.24) is 25.1 Å². The highest BCUT2D eigenvalue weighted by Crippen LogP contribution is 2.18. The van der Waals surface area contributed by atoms with Crippen LogP contribution in [-0.4, -0.2) is 38.1 Å². The van der Waals surface area contributed by atoms with Gasteiger partial charge in [-0.3, -0.25) is 4.79 Å². The van der Waals surface area contributed by atoms with Crippen LogP contribution in [0.3, 0.4) is 0 Å². The number of carbonyl (C=O) groups excluding carboxylic acids is 1. The molecule has 0 saturated carbocycles. The maximum atomic E-state index is 12.4. The third-order valence-corrected chi connectivity index (χ3v) is 4.01. The second-order valence-electron chi connectivity index (χ2n) is 5.89. The zero-order valence-corrected chi connectivity index (χ0v) is 14.8. The van der Waals surface area contributed by atoms with Gasteiger partial charge < -0.3 is 4.90 Å². The molecule has 0 unspecified atom stereocenters. The van der Waals surface area contributed by atoms with E-state index in [1.807, 2.05) is 43.3 Å². The monoisotopic (exact) mass is 355 g/mol. The maximum absolute atomic E-state index is 12.4. The van der Waals surface area contributed by atoms with Crippen LogP contribution in [-0.2, 0) is 17.9 Å². The van der Waals surface area contributed by atoms with Crippen LogP contribution in [0.1, 0.15) is 11.1 Å². The third-order valence-electron chi connectivity index (χ3n) is 3.78. The average Bonchev–Trinajstić information content (AvgIpc) is 3.05. The smallest absolute Gasteiger partial charge is 0.246 e. The van der Waals surface area contributed by atoms with E-state index in [1.165, 1.54) is 10.4 Å². The Labute approximate surface area is 151 Å². The predicted molar refractivity (Wildman–Crippen MR) is 95.9 cm³/mol. The van der Waals surface area contributed by atoms with Crippen molar-refractivity contribution >= 4 is 17.5 Å². The Morgan fingerprint density at radius 1 is 1.20 bits per heavy atom. The molecule has 3 rings (SSSR count). The molecule has 0 aliphatic rings. The molecule has 1 heterocycles. The number of halogens is 1. The number of carbonyl (C=O) groups is 1. The molecule has 0 bridgehead atoms. The number of hydrogen-bond acceptors (Lipinski definition) is 4. The Hall–Kier alpha value is -2.73. The standard InChI is InChI=1S/C18H18ClN5O/c1-13-6-8-14(9-7-13)11-23(2)17(25)12-24-21-18(20-22-24)15-4-3-5-16(19)10-15/h3-10H,11-12H2,1-2H3. The number of hydrogen-bond donors (Lipinski definition) is 0. The van der Waals surface area contributed by atoms with Crippen molar-refractivity contribution < 1.29 is 4.79 Å². The summed E-state index contributed by atoms with van der Waals surface area (Å²) in [7, 11) is 1.76. The number of nitrogens with zero attached hydrogens (tertiary/aromatic N) is 5. The molecular formula is C18H18ClN5O. The van der Waals surface area contributed by atoms with E-state index in [0.29, 0.717) is 17.4 Å². The van der Waals surface area contributed by atoms with E-state index in [9.17, 15) is 4.79 Å². The number of benzene rings is 2. The van der Waals surface area contributed by atoms with Crippen LogP contribution >= 0.6 is 11.6 Å². The normalized spacial score (nSPS) is 10.7. The first-order valence-electron chi connectivity index (χ1n) is 7.84. The van der Waals surface area contributed by atoms with Gasteiger partial charge in [0.2, 0.25) is 11.7 Å². The number of amides is 1. The van der Waals surface area contributed by atoms with E-state index < -0.39 is 0 Å².